The number of thioether (sulfide) groups is 1. The first-order valence-electron chi connectivity index (χ1n) is 7.37. The number of alkyl halides is 3. The molecule has 0 aliphatic carbocycles. The summed E-state index contributed by atoms with van der Waals surface area (Å²) in [6.45, 7) is 2.07. The van der Waals surface area contributed by atoms with Crippen LogP contribution in [0.4, 0.5) is 18.9 Å². The summed E-state index contributed by atoms with van der Waals surface area (Å²) < 4.78 is 43.6. The fourth-order valence-electron chi connectivity index (χ4n) is 2.15. The predicted molar refractivity (Wildman–Crippen MR) is 92.5 cm³/mol. The number of nitrogens with zero attached hydrogens (tertiary/aromatic N) is 1. The van der Waals surface area contributed by atoms with Crippen LogP contribution < -0.4 is 5.32 Å². The van der Waals surface area contributed by atoms with Crippen LogP contribution in [-0.2, 0) is 20.5 Å². The van der Waals surface area contributed by atoms with Crippen LogP contribution in [0.5, 0.6) is 0 Å². The average Bonchev–Trinajstić information content (AvgIpc) is 2.56. The van der Waals surface area contributed by atoms with Gasteiger partial charge in [-0.05, 0) is 18.2 Å². The monoisotopic (exact) mass is 440 g/mol. The maximum Gasteiger partial charge on any atom is 0.417 e. The molecule has 0 saturated carbocycles. The van der Waals surface area contributed by atoms with E-state index in [4.69, 9.17) is 4.74 Å². The number of anilines is 1. The third kappa shape index (κ3) is 6.19. The topological polar surface area (TPSA) is 58.6 Å². The Kier molecular flexibility index (Phi) is 7.14. The minimum absolute atomic E-state index is 0.0203. The standard InChI is InChI=1S/C15H16BrF3N2O3S/c16-12-2-1-10(7-11(12)15(17,18)19)20-13(22)8-25-9-14(23)21-3-5-24-6-4-21/h1-2,7H,3-6,8-9H2,(H,20,22). The lowest BCUT2D eigenvalue weighted by Gasteiger charge is -2.26. The number of rotatable bonds is 5. The molecule has 10 heteroatoms. The molecule has 138 valence electrons. The van der Waals surface area contributed by atoms with E-state index in [-0.39, 0.29) is 27.6 Å². The van der Waals surface area contributed by atoms with Gasteiger partial charge in [0.05, 0.1) is 30.3 Å². The van der Waals surface area contributed by atoms with Crippen LogP contribution in [-0.4, -0.2) is 54.5 Å². The Bertz CT molecular complexity index is 637. The first kappa shape index (κ1) is 20.1. The Hall–Kier alpha value is -1.26. The highest BCUT2D eigenvalue weighted by Crippen LogP contribution is 2.36. The lowest BCUT2D eigenvalue weighted by Crippen LogP contribution is -2.41. The van der Waals surface area contributed by atoms with Gasteiger partial charge in [-0.15, -0.1) is 11.8 Å². The van der Waals surface area contributed by atoms with Gasteiger partial charge in [0.1, 0.15) is 0 Å². The van der Waals surface area contributed by atoms with Crippen molar-refractivity contribution in [3.63, 3.8) is 0 Å². The van der Waals surface area contributed by atoms with Crippen LogP contribution >= 0.6 is 27.7 Å². The molecule has 1 heterocycles. The van der Waals surface area contributed by atoms with Gasteiger partial charge in [0.25, 0.3) is 0 Å². The lowest BCUT2D eigenvalue weighted by atomic mass is 10.2. The summed E-state index contributed by atoms with van der Waals surface area (Å²) in [5.41, 5.74) is -0.805. The number of halogens is 4. The van der Waals surface area contributed by atoms with Crippen LogP contribution in [0, 0.1) is 0 Å². The second kappa shape index (κ2) is 8.91. The van der Waals surface area contributed by atoms with Crippen LogP contribution in [0.3, 0.4) is 0 Å². The van der Waals surface area contributed by atoms with Crippen molar-refractivity contribution in [1.82, 2.24) is 4.90 Å². The van der Waals surface area contributed by atoms with E-state index in [1.807, 2.05) is 0 Å². The molecule has 2 rings (SSSR count). The third-order valence-corrected chi connectivity index (χ3v) is 4.99. The van der Waals surface area contributed by atoms with Crippen molar-refractivity contribution in [3.8, 4) is 0 Å². The van der Waals surface area contributed by atoms with E-state index in [0.29, 0.717) is 26.3 Å². The number of benzene rings is 1. The highest BCUT2D eigenvalue weighted by molar-refractivity contribution is 9.10. The smallest absolute Gasteiger partial charge is 0.378 e. The summed E-state index contributed by atoms with van der Waals surface area (Å²) in [5.74, 6) is -0.422. The van der Waals surface area contributed by atoms with Crippen LogP contribution in [0.1, 0.15) is 5.56 Å². The van der Waals surface area contributed by atoms with Gasteiger partial charge < -0.3 is 15.0 Å². The Morgan fingerprint density at radius 1 is 1.24 bits per heavy atom. The number of morpholine rings is 1. The number of amides is 2. The molecule has 1 aromatic rings. The number of carbonyl (C=O) groups is 2. The van der Waals surface area contributed by atoms with Crippen molar-refractivity contribution in [2.45, 2.75) is 6.18 Å². The van der Waals surface area contributed by atoms with Crippen molar-refractivity contribution in [1.29, 1.82) is 0 Å². The fourth-order valence-corrected chi connectivity index (χ4v) is 3.34. The average molecular weight is 441 g/mol. The number of hydrogen-bond acceptors (Lipinski definition) is 4. The van der Waals surface area contributed by atoms with Crippen molar-refractivity contribution in [2.75, 3.05) is 43.1 Å². The van der Waals surface area contributed by atoms with Gasteiger partial charge in [-0.1, -0.05) is 15.9 Å². The fraction of sp³-hybridized carbons (Fsp3) is 0.467. The summed E-state index contributed by atoms with van der Waals surface area (Å²) in [5, 5.41) is 2.41. The van der Waals surface area contributed by atoms with Crippen LogP contribution in [0.15, 0.2) is 22.7 Å². The van der Waals surface area contributed by atoms with Crippen molar-refractivity contribution in [2.24, 2.45) is 0 Å². The molecule has 25 heavy (non-hydrogen) atoms. The van der Waals surface area contributed by atoms with E-state index in [9.17, 15) is 22.8 Å². The molecule has 0 aromatic heterocycles. The van der Waals surface area contributed by atoms with E-state index in [2.05, 4.69) is 21.2 Å². The van der Waals surface area contributed by atoms with Gasteiger partial charge in [0.2, 0.25) is 11.8 Å². The normalized spacial score (nSPS) is 15.1. The predicted octanol–water partition coefficient (Wildman–Crippen LogP) is 3.00. The highest BCUT2D eigenvalue weighted by Gasteiger charge is 2.33. The van der Waals surface area contributed by atoms with Crippen molar-refractivity contribution < 1.29 is 27.5 Å². The van der Waals surface area contributed by atoms with Gasteiger partial charge in [0.15, 0.2) is 0 Å². The SMILES string of the molecule is O=C(CSCC(=O)N1CCOCC1)Nc1ccc(Br)c(C(F)(F)F)c1. The van der Waals surface area contributed by atoms with Crippen molar-refractivity contribution in [3.05, 3.63) is 28.2 Å². The van der Waals surface area contributed by atoms with Crippen LogP contribution in [0.2, 0.25) is 0 Å². The zero-order valence-electron chi connectivity index (χ0n) is 13.1. The summed E-state index contributed by atoms with van der Waals surface area (Å²) >= 11 is 3.96. The highest BCUT2D eigenvalue weighted by atomic mass is 79.9. The first-order chi connectivity index (χ1) is 11.8. The molecule has 0 spiro atoms. The first-order valence-corrected chi connectivity index (χ1v) is 9.32. The Balaban J connectivity index is 1.81. The van der Waals surface area contributed by atoms with Gasteiger partial charge in [-0.3, -0.25) is 9.59 Å². The zero-order chi connectivity index (χ0) is 18.4. The van der Waals surface area contributed by atoms with E-state index in [1.54, 1.807) is 4.90 Å². The molecule has 0 unspecified atom stereocenters. The Morgan fingerprint density at radius 2 is 1.92 bits per heavy atom. The molecular formula is C15H16BrF3N2O3S. The summed E-state index contributed by atoms with van der Waals surface area (Å²) in [4.78, 5) is 25.4. The Labute approximate surface area is 155 Å². The molecule has 1 aliphatic heterocycles. The van der Waals surface area contributed by atoms with Crippen LogP contribution in [0.25, 0.3) is 0 Å². The van der Waals surface area contributed by atoms with E-state index < -0.39 is 17.6 Å². The molecule has 0 atom stereocenters. The number of hydrogen-bond donors (Lipinski definition) is 1. The minimum Gasteiger partial charge on any atom is -0.378 e. The van der Waals surface area contributed by atoms with Crippen molar-refractivity contribution >= 4 is 45.2 Å². The summed E-state index contributed by atoms with van der Waals surface area (Å²) in [6.07, 6.45) is -4.51. The number of nitrogens with one attached hydrogen (secondary N) is 1. The zero-order valence-corrected chi connectivity index (χ0v) is 15.5. The molecular weight excluding hydrogens is 425 g/mol. The van der Waals surface area contributed by atoms with Gasteiger partial charge >= 0.3 is 6.18 Å². The Morgan fingerprint density at radius 3 is 2.56 bits per heavy atom. The largest absolute Gasteiger partial charge is 0.417 e. The maximum atomic E-state index is 12.8. The van der Waals surface area contributed by atoms with E-state index in [0.717, 1.165) is 17.8 Å². The molecule has 1 fully saturated rings. The second-order valence-corrected chi connectivity index (χ2v) is 7.07. The van der Waals surface area contributed by atoms with Gasteiger partial charge in [-0.25, -0.2) is 0 Å². The molecule has 2 amide bonds. The molecule has 0 radical (unpaired) electrons. The summed E-state index contributed by atoms with van der Waals surface area (Å²) in [7, 11) is 0. The maximum absolute atomic E-state index is 12.8. The van der Waals surface area contributed by atoms with Gasteiger partial charge in [-0.2, -0.15) is 13.2 Å². The molecule has 0 bridgehead atoms. The van der Waals surface area contributed by atoms with E-state index in [1.165, 1.54) is 12.1 Å². The van der Waals surface area contributed by atoms with E-state index >= 15 is 0 Å². The number of carbonyl (C=O) groups excluding carboxylic acids is 2. The third-order valence-electron chi connectivity index (χ3n) is 3.38. The summed E-state index contributed by atoms with van der Waals surface area (Å²) in [6, 6.07) is 3.47. The molecule has 5 nitrogen and oxygen atoms in total. The molecule has 1 saturated heterocycles. The number of ether oxygens (including phenoxy) is 1. The lowest BCUT2D eigenvalue weighted by molar-refractivity contribution is -0.138. The molecule has 1 aromatic carbocycles. The minimum atomic E-state index is -4.51. The molecule has 1 N–H and O–H groups in total. The van der Waals surface area contributed by atoms with Gasteiger partial charge in [0, 0.05) is 23.2 Å². The second-order valence-electron chi connectivity index (χ2n) is 5.23. The molecule has 1 aliphatic rings. The quantitative estimate of drug-likeness (QED) is 0.764.